The minimum atomic E-state index is -0.0263. The molecule has 0 heterocycles. The molecule has 0 fully saturated rings. The van der Waals surface area contributed by atoms with Crippen molar-refractivity contribution in [2.75, 3.05) is 6.61 Å². The summed E-state index contributed by atoms with van der Waals surface area (Å²) in [5.74, 6) is 0. The summed E-state index contributed by atoms with van der Waals surface area (Å²) in [4.78, 5) is 0. The molecule has 0 saturated carbocycles. The summed E-state index contributed by atoms with van der Waals surface area (Å²) in [5.41, 5.74) is 4.09. The second-order valence-electron chi connectivity index (χ2n) is 6.61. The zero-order valence-corrected chi connectivity index (χ0v) is 12.7. The molecule has 2 heteroatoms. The van der Waals surface area contributed by atoms with Crippen molar-refractivity contribution in [3.63, 3.8) is 0 Å². The number of nitrogens with one attached hydrogen (secondary N) is 1. The Labute approximate surface area is 126 Å². The van der Waals surface area contributed by atoms with E-state index in [1.54, 1.807) is 0 Å². The molecule has 1 aliphatic carbocycles. The van der Waals surface area contributed by atoms with E-state index >= 15 is 0 Å². The lowest BCUT2D eigenvalue weighted by Gasteiger charge is -2.32. The average molecular weight is 281 g/mol. The van der Waals surface area contributed by atoms with Gasteiger partial charge in [0.15, 0.2) is 0 Å². The molecule has 110 valence electrons. The second kappa shape index (κ2) is 5.63. The van der Waals surface area contributed by atoms with Crippen LogP contribution < -0.4 is 5.32 Å². The molecule has 0 bridgehead atoms. The van der Waals surface area contributed by atoms with E-state index in [0.717, 1.165) is 12.0 Å². The fourth-order valence-corrected chi connectivity index (χ4v) is 3.45. The van der Waals surface area contributed by atoms with Crippen LogP contribution in [-0.4, -0.2) is 11.7 Å². The first-order valence-corrected chi connectivity index (χ1v) is 7.61. The summed E-state index contributed by atoms with van der Waals surface area (Å²) < 4.78 is 0. The van der Waals surface area contributed by atoms with Gasteiger partial charge < -0.3 is 10.4 Å². The zero-order valence-electron chi connectivity index (χ0n) is 12.7. The van der Waals surface area contributed by atoms with Crippen LogP contribution in [0.3, 0.4) is 0 Å². The van der Waals surface area contributed by atoms with Gasteiger partial charge in [0.05, 0.1) is 12.6 Å². The van der Waals surface area contributed by atoms with E-state index in [4.69, 9.17) is 0 Å². The highest BCUT2D eigenvalue weighted by atomic mass is 16.3. The molecule has 2 nitrogen and oxygen atoms in total. The van der Waals surface area contributed by atoms with Crippen molar-refractivity contribution in [1.29, 1.82) is 0 Å². The highest BCUT2D eigenvalue weighted by Gasteiger charge is 2.39. The summed E-state index contributed by atoms with van der Waals surface area (Å²) in [5, 5.41) is 13.5. The third kappa shape index (κ3) is 2.74. The summed E-state index contributed by atoms with van der Waals surface area (Å²) in [6, 6.07) is 19.1. The van der Waals surface area contributed by atoms with Crippen molar-refractivity contribution >= 4 is 0 Å². The van der Waals surface area contributed by atoms with Crippen LogP contribution in [0.15, 0.2) is 54.6 Å². The maximum Gasteiger partial charge on any atom is 0.0626 e. The van der Waals surface area contributed by atoms with Crippen molar-refractivity contribution in [1.82, 2.24) is 5.32 Å². The Kier molecular flexibility index (Phi) is 3.83. The molecule has 2 N–H and O–H groups in total. The molecule has 0 aromatic heterocycles. The predicted molar refractivity (Wildman–Crippen MR) is 86.1 cm³/mol. The highest BCUT2D eigenvalue weighted by molar-refractivity contribution is 5.38. The van der Waals surface area contributed by atoms with Gasteiger partial charge in [0.1, 0.15) is 0 Å². The molecule has 2 aromatic rings. The number of hydrogen-bond acceptors (Lipinski definition) is 2. The van der Waals surface area contributed by atoms with Gasteiger partial charge in [-0.1, -0.05) is 68.4 Å². The number of benzene rings is 2. The molecular formula is C19H23NO. The van der Waals surface area contributed by atoms with E-state index in [1.165, 1.54) is 11.1 Å². The van der Waals surface area contributed by atoms with E-state index in [1.807, 2.05) is 18.2 Å². The quantitative estimate of drug-likeness (QED) is 0.897. The van der Waals surface area contributed by atoms with Gasteiger partial charge >= 0.3 is 0 Å². The first kappa shape index (κ1) is 14.3. The smallest absolute Gasteiger partial charge is 0.0626 e. The third-order valence-corrected chi connectivity index (χ3v) is 4.55. The van der Waals surface area contributed by atoms with Crippen molar-refractivity contribution in [3.05, 3.63) is 71.3 Å². The molecule has 21 heavy (non-hydrogen) atoms. The highest BCUT2D eigenvalue weighted by Crippen LogP contribution is 2.45. The van der Waals surface area contributed by atoms with E-state index in [-0.39, 0.29) is 24.1 Å². The van der Waals surface area contributed by atoms with Crippen LogP contribution in [0.25, 0.3) is 0 Å². The largest absolute Gasteiger partial charge is 0.394 e. The molecule has 3 rings (SSSR count). The number of rotatable bonds is 4. The Bertz CT molecular complexity index is 606. The van der Waals surface area contributed by atoms with Crippen molar-refractivity contribution in [2.24, 2.45) is 5.41 Å². The average Bonchev–Trinajstić information content (AvgIpc) is 2.75. The number of fused-ring (bicyclic) bond motifs is 1. The van der Waals surface area contributed by atoms with Crippen LogP contribution >= 0.6 is 0 Å². The summed E-state index contributed by atoms with van der Waals surface area (Å²) in [6.45, 7) is 4.70. The molecular weight excluding hydrogens is 258 g/mol. The minimum Gasteiger partial charge on any atom is -0.394 e. The molecule has 0 aliphatic heterocycles. The lowest BCUT2D eigenvalue weighted by atomic mass is 9.84. The first-order chi connectivity index (χ1) is 10.1. The standard InChI is InChI=1S/C19H23NO/c1-19(2)12-15-10-6-7-11-16(15)18(19)20-17(13-21)14-8-4-3-5-9-14/h3-11,17-18,20-21H,12-13H2,1-2H3. The summed E-state index contributed by atoms with van der Waals surface area (Å²) >= 11 is 0. The van der Waals surface area contributed by atoms with Gasteiger partial charge in [-0.3, -0.25) is 0 Å². The topological polar surface area (TPSA) is 32.3 Å². The fourth-order valence-electron chi connectivity index (χ4n) is 3.45. The molecule has 0 spiro atoms. The molecule has 0 saturated heterocycles. The first-order valence-electron chi connectivity index (χ1n) is 7.61. The van der Waals surface area contributed by atoms with Crippen LogP contribution in [0.4, 0.5) is 0 Å². The van der Waals surface area contributed by atoms with Crippen LogP contribution in [0, 0.1) is 5.41 Å². The van der Waals surface area contributed by atoms with Gasteiger partial charge in [-0.15, -0.1) is 0 Å². The summed E-state index contributed by atoms with van der Waals surface area (Å²) in [7, 11) is 0. The zero-order chi connectivity index (χ0) is 14.9. The van der Waals surface area contributed by atoms with Gasteiger partial charge in [-0.2, -0.15) is 0 Å². The maximum absolute atomic E-state index is 9.80. The van der Waals surface area contributed by atoms with Crippen LogP contribution in [0.2, 0.25) is 0 Å². The van der Waals surface area contributed by atoms with Crippen LogP contribution in [0.5, 0.6) is 0 Å². The SMILES string of the molecule is CC1(C)Cc2ccccc2C1NC(CO)c1ccccc1. The van der Waals surface area contributed by atoms with E-state index < -0.39 is 0 Å². The van der Waals surface area contributed by atoms with Crippen molar-refractivity contribution < 1.29 is 5.11 Å². The molecule has 2 unspecified atom stereocenters. The second-order valence-corrected chi connectivity index (χ2v) is 6.61. The van der Waals surface area contributed by atoms with E-state index in [9.17, 15) is 5.11 Å². The molecule has 2 atom stereocenters. The van der Waals surface area contributed by atoms with Crippen molar-refractivity contribution in [3.8, 4) is 0 Å². The van der Waals surface area contributed by atoms with Gasteiger partial charge in [0, 0.05) is 6.04 Å². The molecule has 2 aromatic carbocycles. The number of aliphatic hydroxyl groups excluding tert-OH is 1. The lowest BCUT2D eigenvalue weighted by Crippen LogP contribution is -2.35. The molecule has 0 radical (unpaired) electrons. The Morgan fingerprint density at radius 2 is 1.76 bits per heavy atom. The third-order valence-electron chi connectivity index (χ3n) is 4.55. The maximum atomic E-state index is 9.80. The van der Waals surface area contributed by atoms with Gasteiger partial charge in [0.2, 0.25) is 0 Å². The Morgan fingerprint density at radius 3 is 2.48 bits per heavy atom. The monoisotopic (exact) mass is 281 g/mol. The summed E-state index contributed by atoms with van der Waals surface area (Å²) in [6.07, 6.45) is 1.08. The fraction of sp³-hybridized carbons (Fsp3) is 0.368. The molecule has 1 aliphatic rings. The minimum absolute atomic E-state index is 0.0263. The van der Waals surface area contributed by atoms with Gasteiger partial charge in [-0.25, -0.2) is 0 Å². The number of hydrogen-bond donors (Lipinski definition) is 2. The number of aliphatic hydroxyl groups is 1. The molecule has 0 amide bonds. The van der Waals surface area contributed by atoms with Gasteiger partial charge in [0.25, 0.3) is 0 Å². The van der Waals surface area contributed by atoms with Gasteiger partial charge in [-0.05, 0) is 28.5 Å². The Hall–Kier alpha value is -1.64. The predicted octanol–water partition coefficient (Wildman–Crippen LogP) is 3.63. The lowest BCUT2D eigenvalue weighted by molar-refractivity contribution is 0.191. The Balaban J connectivity index is 1.89. The normalized spacial score (nSPS) is 21.0. The Morgan fingerprint density at radius 1 is 1.10 bits per heavy atom. The van der Waals surface area contributed by atoms with Crippen LogP contribution in [-0.2, 0) is 6.42 Å². The van der Waals surface area contributed by atoms with Crippen molar-refractivity contribution in [2.45, 2.75) is 32.4 Å². The van der Waals surface area contributed by atoms with E-state index in [0.29, 0.717) is 0 Å². The van der Waals surface area contributed by atoms with Crippen LogP contribution in [0.1, 0.15) is 42.6 Å². The van der Waals surface area contributed by atoms with E-state index in [2.05, 4.69) is 55.6 Å².